The Balaban J connectivity index is 1.78. The summed E-state index contributed by atoms with van der Waals surface area (Å²) in [7, 11) is 5.05. The normalized spacial score (nSPS) is 15.8. The molecule has 6 nitrogen and oxygen atoms in total. The average Bonchev–Trinajstić information content (AvgIpc) is 2.86. The van der Waals surface area contributed by atoms with Crippen molar-refractivity contribution in [1.82, 2.24) is 19.6 Å². The molecule has 3 rings (SSSR count). The molecule has 12 heteroatoms. The molecule has 0 radical (unpaired) electrons. The Bertz CT molecular complexity index is 1080. The first-order chi connectivity index (χ1) is 17.7. The van der Waals surface area contributed by atoms with Crippen LogP contribution in [0.25, 0.3) is 0 Å². The first kappa shape index (κ1) is 29.3. The highest BCUT2D eigenvalue weighted by molar-refractivity contribution is 5.83. The van der Waals surface area contributed by atoms with E-state index in [2.05, 4.69) is 0 Å². The van der Waals surface area contributed by atoms with Gasteiger partial charge in [0, 0.05) is 53.9 Å². The summed E-state index contributed by atoms with van der Waals surface area (Å²) in [5.41, 5.74) is -2.17. The predicted molar refractivity (Wildman–Crippen MR) is 132 cm³/mol. The zero-order valence-electron chi connectivity index (χ0n) is 21.4. The van der Waals surface area contributed by atoms with Crippen LogP contribution >= 0.6 is 0 Å². The highest BCUT2D eigenvalue weighted by Crippen LogP contribution is 2.36. The number of hydrogen-bond acceptors (Lipinski definition) is 3. The molecule has 0 aromatic heterocycles. The zero-order valence-corrected chi connectivity index (χ0v) is 21.4. The van der Waals surface area contributed by atoms with Gasteiger partial charge in [-0.2, -0.15) is 26.3 Å². The number of benzene rings is 2. The van der Waals surface area contributed by atoms with Gasteiger partial charge in [-0.1, -0.05) is 30.3 Å². The van der Waals surface area contributed by atoms with Crippen molar-refractivity contribution in [3.05, 3.63) is 70.8 Å². The van der Waals surface area contributed by atoms with Gasteiger partial charge in [0.15, 0.2) is 5.96 Å². The van der Waals surface area contributed by atoms with Crippen molar-refractivity contribution in [2.24, 2.45) is 0 Å². The Morgan fingerprint density at radius 2 is 1.42 bits per heavy atom. The summed E-state index contributed by atoms with van der Waals surface area (Å²) >= 11 is 0. The summed E-state index contributed by atoms with van der Waals surface area (Å²) in [5.74, 6) is 0.0547. The summed E-state index contributed by atoms with van der Waals surface area (Å²) in [6.07, 6.45) is -10.0. The molecule has 0 spiro atoms. The molecule has 1 atom stereocenters. The van der Waals surface area contributed by atoms with E-state index in [0.29, 0.717) is 44.3 Å². The Kier molecular flexibility index (Phi) is 8.96. The summed E-state index contributed by atoms with van der Waals surface area (Å²) in [4.78, 5) is 20.5. The fraction of sp³-hybridized carbons (Fsp3) is 0.462. The molecule has 1 saturated heterocycles. The molecule has 1 aliphatic rings. The standard InChI is InChI=1S/C26H31F6N5O/c1-34(2)24(33)37-13-11-36(12-14-37)22(19-7-5-4-6-8-19)23(38)35(3)10-9-18-15-20(25(27,28)29)17-21(16-18)26(30,31)32/h4-8,15-17,22,33H,9-14H2,1-3H3/t22-/m0/s1. The lowest BCUT2D eigenvalue weighted by Gasteiger charge is -2.41. The van der Waals surface area contributed by atoms with E-state index < -0.39 is 29.5 Å². The molecule has 2 aromatic carbocycles. The van der Waals surface area contributed by atoms with Crippen molar-refractivity contribution in [3.8, 4) is 0 Å². The second-order valence-corrected chi connectivity index (χ2v) is 9.48. The molecule has 0 bridgehead atoms. The van der Waals surface area contributed by atoms with Crippen LogP contribution < -0.4 is 0 Å². The molecule has 1 heterocycles. The summed E-state index contributed by atoms with van der Waals surface area (Å²) in [5, 5.41) is 8.19. The molecular formula is C26H31F6N5O. The van der Waals surface area contributed by atoms with E-state index >= 15 is 0 Å². The molecule has 0 saturated carbocycles. The van der Waals surface area contributed by atoms with E-state index in [1.807, 2.05) is 28.0 Å². The number of piperazine rings is 1. The van der Waals surface area contributed by atoms with E-state index in [1.165, 1.54) is 11.9 Å². The van der Waals surface area contributed by atoms with Crippen molar-refractivity contribution in [2.45, 2.75) is 24.8 Å². The lowest BCUT2D eigenvalue weighted by molar-refractivity contribution is -0.143. The maximum Gasteiger partial charge on any atom is 0.416 e. The van der Waals surface area contributed by atoms with Crippen molar-refractivity contribution in [1.29, 1.82) is 5.41 Å². The predicted octanol–water partition coefficient (Wildman–Crippen LogP) is 4.58. The fourth-order valence-electron chi connectivity index (χ4n) is 4.40. The van der Waals surface area contributed by atoms with Gasteiger partial charge in [-0.05, 0) is 35.7 Å². The second kappa shape index (κ2) is 11.6. The van der Waals surface area contributed by atoms with Crippen LogP contribution in [0, 0.1) is 5.41 Å². The van der Waals surface area contributed by atoms with Gasteiger partial charge in [0.25, 0.3) is 0 Å². The van der Waals surface area contributed by atoms with Crippen LogP contribution in [-0.4, -0.2) is 85.3 Å². The number of hydrogen-bond donors (Lipinski definition) is 1. The number of likely N-dealkylation sites (N-methyl/N-ethyl adjacent to an activating group) is 1. The molecule has 0 unspecified atom stereocenters. The van der Waals surface area contributed by atoms with Crippen LogP contribution in [0.15, 0.2) is 48.5 Å². The minimum absolute atomic E-state index is 0.0635. The molecule has 1 N–H and O–H groups in total. The summed E-state index contributed by atoms with van der Waals surface area (Å²) in [6.45, 7) is 1.99. The van der Waals surface area contributed by atoms with E-state index in [9.17, 15) is 31.1 Å². The molecule has 208 valence electrons. The Morgan fingerprint density at radius 1 is 0.895 bits per heavy atom. The number of guanidine groups is 1. The third kappa shape index (κ3) is 7.18. The van der Waals surface area contributed by atoms with Crippen LogP contribution in [-0.2, 0) is 23.6 Å². The number of halogens is 6. The van der Waals surface area contributed by atoms with Crippen molar-refractivity contribution < 1.29 is 31.1 Å². The SMILES string of the molecule is CN(C)C(=N)N1CCN([C@H](C(=O)N(C)CCc2cc(C(F)(F)F)cc(C(F)(F)F)c2)c2ccccc2)CC1. The van der Waals surface area contributed by atoms with Crippen molar-refractivity contribution >= 4 is 11.9 Å². The van der Waals surface area contributed by atoms with E-state index in [4.69, 9.17) is 5.41 Å². The fourth-order valence-corrected chi connectivity index (χ4v) is 4.40. The van der Waals surface area contributed by atoms with Gasteiger partial charge in [-0.15, -0.1) is 0 Å². The Labute approximate surface area is 217 Å². The lowest BCUT2D eigenvalue weighted by Crippen LogP contribution is -2.54. The Hall–Kier alpha value is -3.28. The van der Waals surface area contributed by atoms with Crippen molar-refractivity contribution in [2.75, 3.05) is 53.9 Å². The molecule has 2 aromatic rings. The second-order valence-electron chi connectivity index (χ2n) is 9.48. The quantitative estimate of drug-likeness (QED) is 0.329. The van der Waals surface area contributed by atoms with Gasteiger partial charge in [0.1, 0.15) is 6.04 Å². The van der Waals surface area contributed by atoms with Crippen LogP contribution in [0.3, 0.4) is 0 Å². The monoisotopic (exact) mass is 543 g/mol. The highest BCUT2D eigenvalue weighted by atomic mass is 19.4. The number of alkyl halides is 6. The van der Waals surface area contributed by atoms with Gasteiger partial charge in [0.2, 0.25) is 5.91 Å². The van der Waals surface area contributed by atoms with Gasteiger partial charge in [0.05, 0.1) is 11.1 Å². The number of nitrogens with zero attached hydrogens (tertiary/aromatic N) is 4. The van der Waals surface area contributed by atoms with E-state index in [0.717, 1.165) is 5.56 Å². The van der Waals surface area contributed by atoms with E-state index in [-0.39, 0.29) is 30.5 Å². The largest absolute Gasteiger partial charge is 0.416 e. The first-order valence-electron chi connectivity index (χ1n) is 12.0. The summed E-state index contributed by atoms with van der Waals surface area (Å²) < 4.78 is 79.4. The van der Waals surface area contributed by atoms with Gasteiger partial charge >= 0.3 is 12.4 Å². The zero-order chi connectivity index (χ0) is 28.3. The lowest BCUT2D eigenvalue weighted by atomic mass is 10.0. The molecule has 0 aliphatic carbocycles. The molecule has 38 heavy (non-hydrogen) atoms. The highest BCUT2D eigenvalue weighted by Gasteiger charge is 2.37. The van der Waals surface area contributed by atoms with Crippen LogP contribution in [0.1, 0.15) is 28.3 Å². The van der Waals surface area contributed by atoms with Gasteiger partial charge in [-0.3, -0.25) is 15.1 Å². The average molecular weight is 544 g/mol. The third-order valence-corrected chi connectivity index (χ3v) is 6.51. The maximum atomic E-state index is 13.6. The molecular weight excluding hydrogens is 512 g/mol. The first-order valence-corrected chi connectivity index (χ1v) is 12.0. The summed E-state index contributed by atoms with van der Waals surface area (Å²) in [6, 6.07) is 9.85. The van der Waals surface area contributed by atoms with E-state index in [1.54, 1.807) is 31.1 Å². The minimum Gasteiger partial charge on any atom is -0.349 e. The van der Waals surface area contributed by atoms with Crippen LogP contribution in [0.4, 0.5) is 26.3 Å². The van der Waals surface area contributed by atoms with Crippen LogP contribution in [0.2, 0.25) is 0 Å². The molecule has 1 aliphatic heterocycles. The van der Waals surface area contributed by atoms with Gasteiger partial charge < -0.3 is 14.7 Å². The number of carbonyl (C=O) groups is 1. The van der Waals surface area contributed by atoms with Gasteiger partial charge in [-0.25, -0.2) is 0 Å². The minimum atomic E-state index is -4.93. The maximum absolute atomic E-state index is 13.6. The number of amides is 1. The Morgan fingerprint density at radius 3 is 1.89 bits per heavy atom. The topological polar surface area (TPSA) is 53.9 Å². The third-order valence-electron chi connectivity index (χ3n) is 6.51. The molecule has 1 amide bonds. The number of rotatable bonds is 6. The number of carbonyl (C=O) groups excluding carboxylic acids is 1. The van der Waals surface area contributed by atoms with Crippen molar-refractivity contribution in [3.63, 3.8) is 0 Å². The number of nitrogens with one attached hydrogen (secondary N) is 1. The van der Waals surface area contributed by atoms with Crippen LogP contribution in [0.5, 0.6) is 0 Å². The smallest absolute Gasteiger partial charge is 0.349 e. The molecule has 1 fully saturated rings.